The molecule has 4 rings (SSSR count). The Kier molecular flexibility index (Phi) is 3.87. The van der Waals surface area contributed by atoms with Crippen LogP contribution in [0.15, 0.2) is 30.3 Å². The Bertz CT molecular complexity index is 680. The third-order valence-corrected chi connectivity index (χ3v) is 4.58. The molecule has 120 valence electrons. The number of anilines is 1. The third kappa shape index (κ3) is 3.15. The van der Waals surface area contributed by atoms with E-state index >= 15 is 0 Å². The van der Waals surface area contributed by atoms with Crippen LogP contribution in [0.5, 0.6) is 5.75 Å². The topological polar surface area (TPSA) is 50.3 Å². The molecule has 23 heavy (non-hydrogen) atoms. The molecule has 0 saturated carbocycles. The first-order chi connectivity index (χ1) is 11.3. The molecule has 2 aromatic rings. The molecule has 5 heteroatoms. The second kappa shape index (κ2) is 6.16. The molecule has 0 amide bonds. The summed E-state index contributed by atoms with van der Waals surface area (Å²) in [5, 5.41) is 11.9. The van der Waals surface area contributed by atoms with E-state index < -0.39 is 0 Å². The molecule has 0 aliphatic carbocycles. The summed E-state index contributed by atoms with van der Waals surface area (Å²) in [6.07, 6.45) is 1.04. The standard InChI is InChI=1S/C18H22N4O/c1-13-2-5-18(21-20-13)22-11-15(12-22)10-19-9-14-3-4-17-16(8-14)6-7-23-17/h2-5,8,15,19H,6-7,9-12H2,1H3. The molecule has 1 fully saturated rings. The first-order valence-corrected chi connectivity index (χ1v) is 8.28. The van der Waals surface area contributed by atoms with Crippen LogP contribution in [-0.4, -0.2) is 36.4 Å². The van der Waals surface area contributed by atoms with Crippen molar-refractivity contribution in [2.75, 3.05) is 31.1 Å². The summed E-state index contributed by atoms with van der Waals surface area (Å²) in [4.78, 5) is 2.28. The maximum absolute atomic E-state index is 5.55. The van der Waals surface area contributed by atoms with E-state index in [1.54, 1.807) is 0 Å². The maximum atomic E-state index is 5.55. The van der Waals surface area contributed by atoms with Crippen molar-refractivity contribution < 1.29 is 4.74 Å². The molecule has 3 heterocycles. The molecule has 1 N–H and O–H groups in total. The number of ether oxygens (including phenoxy) is 1. The molecule has 2 aliphatic rings. The van der Waals surface area contributed by atoms with E-state index in [0.717, 1.165) is 56.5 Å². The van der Waals surface area contributed by atoms with Gasteiger partial charge in [-0.25, -0.2) is 0 Å². The van der Waals surface area contributed by atoms with Crippen LogP contribution in [0.2, 0.25) is 0 Å². The van der Waals surface area contributed by atoms with Crippen molar-refractivity contribution in [3.8, 4) is 5.75 Å². The maximum Gasteiger partial charge on any atom is 0.151 e. The average molecular weight is 310 g/mol. The molecule has 5 nitrogen and oxygen atoms in total. The Hall–Kier alpha value is -2.14. The fourth-order valence-corrected chi connectivity index (χ4v) is 3.22. The minimum absolute atomic E-state index is 0.691. The van der Waals surface area contributed by atoms with Gasteiger partial charge < -0.3 is 15.0 Å². The molecule has 0 bridgehead atoms. The van der Waals surface area contributed by atoms with Gasteiger partial charge in [-0.05, 0) is 36.2 Å². The van der Waals surface area contributed by atoms with Crippen molar-refractivity contribution in [1.29, 1.82) is 0 Å². The monoisotopic (exact) mass is 310 g/mol. The molecular weight excluding hydrogens is 288 g/mol. The summed E-state index contributed by atoms with van der Waals surface area (Å²) in [5.41, 5.74) is 3.65. The van der Waals surface area contributed by atoms with Gasteiger partial charge in [0.05, 0.1) is 12.3 Å². The van der Waals surface area contributed by atoms with Gasteiger partial charge in [-0.2, -0.15) is 5.10 Å². The highest BCUT2D eigenvalue weighted by molar-refractivity contribution is 5.41. The van der Waals surface area contributed by atoms with Crippen LogP contribution in [-0.2, 0) is 13.0 Å². The zero-order valence-corrected chi connectivity index (χ0v) is 13.5. The largest absolute Gasteiger partial charge is 0.493 e. The van der Waals surface area contributed by atoms with Crippen LogP contribution in [0.25, 0.3) is 0 Å². The lowest BCUT2D eigenvalue weighted by molar-refractivity contribution is 0.356. The quantitative estimate of drug-likeness (QED) is 0.915. The smallest absolute Gasteiger partial charge is 0.151 e. The van der Waals surface area contributed by atoms with Crippen molar-refractivity contribution in [1.82, 2.24) is 15.5 Å². The van der Waals surface area contributed by atoms with E-state index in [1.165, 1.54) is 11.1 Å². The highest BCUT2D eigenvalue weighted by Gasteiger charge is 2.27. The third-order valence-electron chi connectivity index (χ3n) is 4.58. The number of rotatable bonds is 5. The summed E-state index contributed by atoms with van der Waals surface area (Å²) in [7, 11) is 0. The fourth-order valence-electron chi connectivity index (χ4n) is 3.22. The van der Waals surface area contributed by atoms with Crippen LogP contribution in [0, 0.1) is 12.8 Å². The Morgan fingerprint density at radius 2 is 2.13 bits per heavy atom. The van der Waals surface area contributed by atoms with E-state index in [2.05, 4.69) is 44.7 Å². The predicted octanol–water partition coefficient (Wildman–Crippen LogP) is 1.95. The van der Waals surface area contributed by atoms with Gasteiger partial charge in [0.15, 0.2) is 5.82 Å². The van der Waals surface area contributed by atoms with Crippen molar-refractivity contribution in [3.05, 3.63) is 47.2 Å². The van der Waals surface area contributed by atoms with Crippen molar-refractivity contribution in [2.45, 2.75) is 19.9 Å². The van der Waals surface area contributed by atoms with Crippen molar-refractivity contribution in [2.24, 2.45) is 5.92 Å². The normalized spacial score (nSPS) is 16.8. The number of aryl methyl sites for hydroxylation is 1. The average Bonchev–Trinajstić information content (AvgIpc) is 2.98. The Balaban J connectivity index is 1.22. The van der Waals surface area contributed by atoms with Crippen LogP contribution in [0.3, 0.4) is 0 Å². The van der Waals surface area contributed by atoms with Gasteiger partial charge in [-0.3, -0.25) is 0 Å². The zero-order valence-electron chi connectivity index (χ0n) is 13.5. The van der Waals surface area contributed by atoms with Crippen LogP contribution in [0.1, 0.15) is 16.8 Å². The number of aromatic nitrogens is 2. The summed E-state index contributed by atoms with van der Waals surface area (Å²) < 4.78 is 5.55. The highest BCUT2D eigenvalue weighted by atomic mass is 16.5. The molecule has 1 saturated heterocycles. The second-order valence-corrected chi connectivity index (χ2v) is 6.48. The first kappa shape index (κ1) is 14.5. The van der Waals surface area contributed by atoms with Crippen molar-refractivity contribution >= 4 is 5.82 Å². The van der Waals surface area contributed by atoms with E-state index in [0.29, 0.717) is 5.92 Å². The molecular formula is C18H22N4O. The van der Waals surface area contributed by atoms with Gasteiger partial charge in [0.25, 0.3) is 0 Å². The number of fused-ring (bicyclic) bond motifs is 1. The van der Waals surface area contributed by atoms with Gasteiger partial charge >= 0.3 is 0 Å². The SMILES string of the molecule is Cc1ccc(N2CC(CNCc3ccc4c(c3)CCO4)C2)nn1. The highest BCUT2D eigenvalue weighted by Crippen LogP contribution is 2.26. The molecule has 0 unspecified atom stereocenters. The summed E-state index contributed by atoms with van der Waals surface area (Å²) >= 11 is 0. The van der Waals surface area contributed by atoms with Gasteiger partial charge in [0.1, 0.15) is 5.75 Å². The summed E-state index contributed by atoms with van der Waals surface area (Å²) in [6.45, 7) is 6.87. The lowest BCUT2D eigenvalue weighted by atomic mass is 10.00. The van der Waals surface area contributed by atoms with Crippen LogP contribution < -0.4 is 15.0 Å². The first-order valence-electron chi connectivity index (χ1n) is 8.28. The Morgan fingerprint density at radius 3 is 2.96 bits per heavy atom. The van der Waals surface area contributed by atoms with Gasteiger partial charge in [0, 0.05) is 38.5 Å². The number of nitrogens with one attached hydrogen (secondary N) is 1. The van der Waals surface area contributed by atoms with Crippen molar-refractivity contribution in [3.63, 3.8) is 0 Å². The molecule has 0 radical (unpaired) electrons. The number of nitrogens with zero attached hydrogens (tertiary/aromatic N) is 3. The van der Waals surface area contributed by atoms with Gasteiger partial charge in [-0.15, -0.1) is 5.10 Å². The van der Waals surface area contributed by atoms with E-state index in [4.69, 9.17) is 4.74 Å². The molecule has 2 aliphatic heterocycles. The zero-order chi connectivity index (χ0) is 15.6. The Labute approximate surface area is 136 Å². The molecule has 1 aromatic heterocycles. The minimum atomic E-state index is 0.691. The number of hydrogen-bond acceptors (Lipinski definition) is 5. The number of hydrogen-bond donors (Lipinski definition) is 1. The van der Waals surface area contributed by atoms with Gasteiger partial charge in [0.2, 0.25) is 0 Å². The summed E-state index contributed by atoms with van der Waals surface area (Å²) in [6, 6.07) is 10.6. The van der Waals surface area contributed by atoms with E-state index in [9.17, 15) is 0 Å². The van der Waals surface area contributed by atoms with Gasteiger partial charge in [-0.1, -0.05) is 12.1 Å². The predicted molar refractivity (Wildman–Crippen MR) is 89.8 cm³/mol. The van der Waals surface area contributed by atoms with Crippen LogP contribution in [0.4, 0.5) is 5.82 Å². The summed E-state index contributed by atoms with van der Waals surface area (Å²) in [5.74, 6) is 2.74. The Morgan fingerprint density at radius 1 is 1.22 bits per heavy atom. The molecule has 0 spiro atoms. The van der Waals surface area contributed by atoms with E-state index in [1.807, 2.05) is 13.0 Å². The second-order valence-electron chi connectivity index (χ2n) is 6.48. The minimum Gasteiger partial charge on any atom is -0.493 e. The lowest BCUT2D eigenvalue weighted by Gasteiger charge is -2.40. The van der Waals surface area contributed by atoms with E-state index in [-0.39, 0.29) is 0 Å². The molecule has 0 atom stereocenters. The number of benzene rings is 1. The van der Waals surface area contributed by atoms with Crippen LogP contribution >= 0.6 is 0 Å². The lowest BCUT2D eigenvalue weighted by Crippen LogP contribution is -2.51. The fraction of sp³-hybridized carbons (Fsp3) is 0.444. The molecule has 1 aromatic carbocycles.